The molecule has 20 heavy (non-hydrogen) atoms. The average molecular weight is 277 g/mol. The Labute approximate surface area is 124 Å². The van der Waals surface area contributed by atoms with Crippen LogP contribution in [0.3, 0.4) is 0 Å². The first-order valence-electron chi connectivity index (χ1n) is 7.98. The van der Waals surface area contributed by atoms with Crippen LogP contribution < -0.4 is 10.1 Å². The minimum absolute atomic E-state index is 0.233. The molecule has 1 aromatic rings. The van der Waals surface area contributed by atoms with Crippen LogP contribution in [0.15, 0.2) is 24.3 Å². The first kappa shape index (κ1) is 17.0. The molecule has 0 spiro atoms. The molecule has 0 atom stereocenters. The summed E-state index contributed by atoms with van der Waals surface area (Å²) < 4.78 is 5.77. The monoisotopic (exact) mass is 277 g/mol. The lowest BCUT2D eigenvalue weighted by molar-refractivity contribution is 0.303. The molecule has 0 radical (unpaired) electrons. The van der Waals surface area contributed by atoms with Crippen LogP contribution in [0.5, 0.6) is 5.75 Å². The van der Waals surface area contributed by atoms with Crippen LogP contribution in [0.2, 0.25) is 0 Å². The third kappa shape index (κ3) is 8.21. The number of ether oxygens (including phenoxy) is 1. The predicted molar refractivity (Wildman–Crippen MR) is 87.5 cm³/mol. The van der Waals surface area contributed by atoms with Gasteiger partial charge in [0.2, 0.25) is 0 Å². The number of hydrogen-bond acceptors (Lipinski definition) is 2. The van der Waals surface area contributed by atoms with E-state index in [-0.39, 0.29) is 5.54 Å². The molecule has 0 bridgehead atoms. The van der Waals surface area contributed by atoms with Gasteiger partial charge in [0.15, 0.2) is 0 Å². The molecule has 0 aliphatic rings. The maximum absolute atomic E-state index is 5.77. The van der Waals surface area contributed by atoms with Gasteiger partial charge in [-0.05, 0) is 70.7 Å². The van der Waals surface area contributed by atoms with Gasteiger partial charge in [0.05, 0.1) is 6.61 Å². The van der Waals surface area contributed by atoms with Crippen LogP contribution in [-0.2, 0) is 6.42 Å². The van der Waals surface area contributed by atoms with Gasteiger partial charge in [-0.1, -0.05) is 25.5 Å². The van der Waals surface area contributed by atoms with Crippen LogP contribution in [-0.4, -0.2) is 18.7 Å². The van der Waals surface area contributed by atoms with Crippen molar-refractivity contribution in [2.75, 3.05) is 13.2 Å². The van der Waals surface area contributed by atoms with Crippen LogP contribution in [0.1, 0.15) is 58.9 Å². The fourth-order valence-electron chi connectivity index (χ4n) is 2.10. The third-order valence-electron chi connectivity index (χ3n) is 3.21. The van der Waals surface area contributed by atoms with Gasteiger partial charge in [-0.25, -0.2) is 0 Å². The fourth-order valence-corrected chi connectivity index (χ4v) is 2.10. The third-order valence-corrected chi connectivity index (χ3v) is 3.21. The van der Waals surface area contributed by atoms with Gasteiger partial charge in [-0.2, -0.15) is 0 Å². The van der Waals surface area contributed by atoms with Gasteiger partial charge in [0.1, 0.15) is 5.75 Å². The topological polar surface area (TPSA) is 21.3 Å². The molecule has 0 unspecified atom stereocenters. The van der Waals surface area contributed by atoms with Crippen molar-refractivity contribution >= 4 is 0 Å². The van der Waals surface area contributed by atoms with Crippen molar-refractivity contribution in [3.8, 4) is 5.75 Å². The Bertz CT molecular complexity index is 351. The van der Waals surface area contributed by atoms with E-state index in [0.717, 1.165) is 31.7 Å². The summed E-state index contributed by atoms with van der Waals surface area (Å²) in [7, 11) is 0. The molecule has 0 heterocycles. The van der Waals surface area contributed by atoms with Crippen LogP contribution in [0.4, 0.5) is 0 Å². The van der Waals surface area contributed by atoms with E-state index >= 15 is 0 Å². The zero-order valence-electron chi connectivity index (χ0n) is 13.7. The Morgan fingerprint density at radius 3 is 2.30 bits per heavy atom. The molecule has 0 aliphatic heterocycles. The van der Waals surface area contributed by atoms with Crippen molar-refractivity contribution in [1.29, 1.82) is 0 Å². The summed E-state index contributed by atoms with van der Waals surface area (Å²) in [4.78, 5) is 0. The highest BCUT2D eigenvalue weighted by molar-refractivity contribution is 5.27. The normalized spacial score (nSPS) is 11.6. The molecular weight excluding hydrogens is 246 g/mol. The van der Waals surface area contributed by atoms with Crippen molar-refractivity contribution in [2.24, 2.45) is 0 Å². The number of unbranched alkanes of at least 4 members (excludes halogenated alkanes) is 2. The molecule has 0 saturated carbocycles. The summed E-state index contributed by atoms with van der Waals surface area (Å²) >= 11 is 0. The van der Waals surface area contributed by atoms with Crippen molar-refractivity contribution < 1.29 is 4.74 Å². The van der Waals surface area contributed by atoms with Crippen molar-refractivity contribution in [2.45, 2.75) is 65.3 Å². The summed E-state index contributed by atoms with van der Waals surface area (Å²) in [5.41, 5.74) is 1.63. The van der Waals surface area contributed by atoms with Gasteiger partial charge in [-0.3, -0.25) is 0 Å². The Morgan fingerprint density at radius 2 is 1.70 bits per heavy atom. The molecule has 0 fully saturated rings. The van der Waals surface area contributed by atoms with Crippen LogP contribution >= 0.6 is 0 Å². The van der Waals surface area contributed by atoms with Crippen LogP contribution in [0.25, 0.3) is 0 Å². The van der Waals surface area contributed by atoms with Crippen molar-refractivity contribution in [3.63, 3.8) is 0 Å². The summed E-state index contributed by atoms with van der Waals surface area (Å²) in [6.45, 7) is 10.7. The molecule has 1 N–H and O–H groups in total. The first-order valence-corrected chi connectivity index (χ1v) is 7.98. The largest absolute Gasteiger partial charge is 0.494 e. The minimum atomic E-state index is 0.233. The predicted octanol–water partition coefficient (Wildman–Crippen LogP) is 4.58. The number of aryl methyl sites for hydroxylation is 1. The highest BCUT2D eigenvalue weighted by Gasteiger charge is 2.06. The SMILES string of the molecule is CCCc1ccc(OCCCCCNC(C)(C)C)cc1. The van der Waals surface area contributed by atoms with Crippen molar-refractivity contribution in [3.05, 3.63) is 29.8 Å². The van der Waals surface area contributed by atoms with Crippen LogP contribution in [0, 0.1) is 0 Å². The fraction of sp³-hybridized carbons (Fsp3) is 0.667. The molecule has 0 amide bonds. The van der Waals surface area contributed by atoms with Crippen molar-refractivity contribution in [1.82, 2.24) is 5.32 Å². The van der Waals surface area contributed by atoms with E-state index in [1.54, 1.807) is 0 Å². The Kier molecular flexibility index (Phi) is 7.68. The second kappa shape index (κ2) is 9.02. The van der Waals surface area contributed by atoms with Gasteiger partial charge in [-0.15, -0.1) is 0 Å². The lowest BCUT2D eigenvalue weighted by Crippen LogP contribution is -2.36. The summed E-state index contributed by atoms with van der Waals surface area (Å²) in [6, 6.07) is 8.52. The van der Waals surface area contributed by atoms with E-state index in [2.05, 4.69) is 57.3 Å². The molecule has 114 valence electrons. The van der Waals surface area contributed by atoms with E-state index in [1.807, 2.05) is 0 Å². The lowest BCUT2D eigenvalue weighted by Gasteiger charge is -2.20. The van der Waals surface area contributed by atoms with Gasteiger partial charge < -0.3 is 10.1 Å². The first-order chi connectivity index (χ1) is 9.51. The van der Waals surface area contributed by atoms with Gasteiger partial charge in [0.25, 0.3) is 0 Å². The molecule has 0 aliphatic carbocycles. The van der Waals surface area contributed by atoms with Gasteiger partial charge >= 0.3 is 0 Å². The number of rotatable bonds is 9. The second-order valence-electron chi connectivity index (χ2n) is 6.48. The van der Waals surface area contributed by atoms with E-state index < -0.39 is 0 Å². The smallest absolute Gasteiger partial charge is 0.119 e. The van der Waals surface area contributed by atoms with E-state index in [9.17, 15) is 0 Å². The molecule has 0 aromatic heterocycles. The van der Waals surface area contributed by atoms with E-state index in [1.165, 1.54) is 24.8 Å². The molecule has 1 aromatic carbocycles. The molecule has 0 saturated heterocycles. The quantitative estimate of drug-likeness (QED) is 0.667. The number of hydrogen-bond donors (Lipinski definition) is 1. The zero-order chi connectivity index (χ0) is 14.8. The second-order valence-corrected chi connectivity index (χ2v) is 6.48. The summed E-state index contributed by atoms with van der Waals surface area (Å²) in [5.74, 6) is 0.998. The standard InChI is InChI=1S/C18H31NO/c1-5-9-16-10-12-17(13-11-16)20-15-8-6-7-14-19-18(2,3)4/h10-13,19H,5-9,14-15H2,1-4H3. The maximum atomic E-state index is 5.77. The number of benzene rings is 1. The number of nitrogens with one attached hydrogen (secondary N) is 1. The lowest BCUT2D eigenvalue weighted by atomic mass is 10.1. The summed E-state index contributed by atoms with van der Waals surface area (Å²) in [6.07, 6.45) is 5.92. The Balaban J connectivity index is 2.06. The average Bonchev–Trinajstić information content (AvgIpc) is 2.38. The van der Waals surface area contributed by atoms with E-state index in [4.69, 9.17) is 4.74 Å². The molecule has 2 heteroatoms. The highest BCUT2D eigenvalue weighted by atomic mass is 16.5. The molecule has 2 nitrogen and oxygen atoms in total. The van der Waals surface area contributed by atoms with Gasteiger partial charge in [0, 0.05) is 5.54 Å². The summed E-state index contributed by atoms with van der Waals surface area (Å²) in [5, 5.41) is 3.51. The molecular formula is C18H31NO. The molecule has 1 rings (SSSR count). The van der Waals surface area contributed by atoms with E-state index in [0.29, 0.717) is 0 Å². The Hall–Kier alpha value is -1.02. The minimum Gasteiger partial charge on any atom is -0.494 e. The maximum Gasteiger partial charge on any atom is 0.119 e. The highest BCUT2D eigenvalue weighted by Crippen LogP contribution is 2.14. The zero-order valence-corrected chi connectivity index (χ0v) is 13.7. The Morgan fingerprint density at radius 1 is 1.00 bits per heavy atom.